The standard InChI is InChI=1S/C16H24N2O5S/c1-12-14(5-9-22-12)15(19)18-8-7-16(11-18)6-3-4-13(23-16)10-17-24(2,20)21/h5,9,13,17H,3-4,6-8,10-11H2,1-2H3/t13-,16+/m1/s1. The monoisotopic (exact) mass is 356 g/mol. The maximum Gasteiger partial charge on any atom is 0.257 e. The predicted octanol–water partition coefficient (Wildman–Crippen LogP) is 1.29. The highest BCUT2D eigenvalue weighted by Gasteiger charge is 2.44. The van der Waals surface area contributed by atoms with Crippen LogP contribution in [0.4, 0.5) is 0 Å². The van der Waals surface area contributed by atoms with Gasteiger partial charge < -0.3 is 14.1 Å². The fourth-order valence-corrected chi connectivity index (χ4v) is 4.10. The summed E-state index contributed by atoms with van der Waals surface area (Å²) in [5.41, 5.74) is 0.244. The van der Waals surface area contributed by atoms with Crippen LogP contribution >= 0.6 is 0 Å². The Kier molecular flexibility index (Phi) is 4.72. The minimum absolute atomic E-state index is 0.0295. The van der Waals surface area contributed by atoms with Gasteiger partial charge in [0.2, 0.25) is 10.0 Å². The number of nitrogens with zero attached hydrogens (tertiary/aromatic N) is 1. The molecule has 2 saturated heterocycles. The van der Waals surface area contributed by atoms with Crippen LogP contribution < -0.4 is 4.72 Å². The Labute approximate surface area is 142 Å². The summed E-state index contributed by atoms with van der Waals surface area (Å²) in [6.45, 7) is 3.26. The molecule has 1 aromatic heterocycles. The molecule has 2 atom stereocenters. The van der Waals surface area contributed by atoms with Gasteiger partial charge in [0.15, 0.2) is 0 Å². The average molecular weight is 356 g/mol. The largest absolute Gasteiger partial charge is 0.469 e. The number of sulfonamides is 1. The molecule has 0 bridgehead atoms. The minimum Gasteiger partial charge on any atom is -0.469 e. The first-order valence-electron chi connectivity index (χ1n) is 8.24. The molecule has 0 radical (unpaired) electrons. The molecule has 3 heterocycles. The molecule has 8 heteroatoms. The van der Waals surface area contributed by atoms with Gasteiger partial charge in [0.25, 0.3) is 5.91 Å². The number of amides is 1. The van der Waals surface area contributed by atoms with E-state index >= 15 is 0 Å². The zero-order valence-corrected chi connectivity index (χ0v) is 14.9. The number of ether oxygens (including phenoxy) is 1. The Morgan fingerprint density at radius 1 is 1.46 bits per heavy atom. The van der Waals surface area contributed by atoms with Crippen LogP contribution in [0.2, 0.25) is 0 Å². The normalized spacial score (nSPS) is 27.8. The first-order chi connectivity index (χ1) is 11.3. The molecule has 24 heavy (non-hydrogen) atoms. The lowest BCUT2D eigenvalue weighted by atomic mass is 9.90. The number of carbonyl (C=O) groups excluding carboxylic acids is 1. The van der Waals surface area contributed by atoms with Gasteiger partial charge in [-0.1, -0.05) is 0 Å². The van der Waals surface area contributed by atoms with E-state index in [9.17, 15) is 13.2 Å². The van der Waals surface area contributed by atoms with Gasteiger partial charge in [0, 0.05) is 13.1 Å². The molecule has 0 aliphatic carbocycles. The van der Waals surface area contributed by atoms with Crippen molar-refractivity contribution < 1.29 is 22.4 Å². The van der Waals surface area contributed by atoms with Crippen LogP contribution in [-0.2, 0) is 14.8 Å². The van der Waals surface area contributed by atoms with Gasteiger partial charge in [-0.3, -0.25) is 4.79 Å². The van der Waals surface area contributed by atoms with Gasteiger partial charge >= 0.3 is 0 Å². The number of aryl methyl sites for hydroxylation is 1. The summed E-state index contributed by atoms with van der Waals surface area (Å²) >= 11 is 0. The smallest absolute Gasteiger partial charge is 0.257 e. The molecule has 1 N–H and O–H groups in total. The van der Waals surface area contributed by atoms with Crippen molar-refractivity contribution in [2.75, 3.05) is 25.9 Å². The van der Waals surface area contributed by atoms with Gasteiger partial charge in [-0.05, 0) is 38.7 Å². The zero-order valence-electron chi connectivity index (χ0n) is 14.1. The van der Waals surface area contributed by atoms with E-state index < -0.39 is 10.0 Å². The number of nitrogens with one attached hydrogen (secondary N) is 1. The van der Waals surface area contributed by atoms with E-state index in [2.05, 4.69) is 4.72 Å². The number of rotatable bonds is 4. The van der Waals surface area contributed by atoms with E-state index in [0.29, 0.717) is 24.4 Å². The molecule has 2 aliphatic rings. The summed E-state index contributed by atoms with van der Waals surface area (Å²) in [6, 6.07) is 1.70. The van der Waals surface area contributed by atoms with Crippen molar-refractivity contribution in [3.05, 3.63) is 23.7 Å². The van der Waals surface area contributed by atoms with E-state index in [1.165, 1.54) is 6.26 Å². The van der Waals surface area contributed by atoms with Crippen molar-refractivity contribution in [1.29, 1.82) is 0 Å². The highest BCUT2D eigenvalue weighted by molar-refractivity contribution is 7.88. The molecule has 1 amide bonds. The van der Waals surface area contributed by atoms with E-state index in [-0.39, 0.29) is 24.2 Å². The topological polar surface area (TPSA) is 88.9 Å². The van der Waals surface area contributed by atoms with Crippen molar-refractivity contribution in [2.24, 2.45) is 0 Å². The third kappa shape index (κ3) is 3.81. The number of hydrogen-bond donors (Lipinski definition) is 1. The molecule has 2 aliphatic heterocycles. The molecule has 0 saturated carbocycles. The van der Waals surface area contributed by atoms with Crippen molar-refractivity contribution in [1.82, 2.24) is 9.62 Å². The second-order valence-corrected chi connectivity index (χ2v) is 8.64. The number of hydrogen-bond acceptors (Lipinski definition) is 5. The van der Waals surface area contributed by atoms with Crippen molar-refractivity contribution in [3.8, 4) is 0 Å². The van der Waals surface area contributed by atoms with Crippen molar-refractivity contribution in [3.63, 3.8) is 0 Å². The summed E-state index contributed by atoms with van der Waals surface area (Å²) in [6.07, 6.45) is 6.02. The predicted molar refractivity (Wildman–Crippen MR) is 88.3 cm³/mol. The Morgan fingerprint density at radius 3 is 2.92 bits per heavy atom. The average Bonchev–Trinajstić information content (AvgIpc) is 3.11. The second kappa shape index (κ2) is 6.50. The van der Waals surface area contributed by atoms with Crippen LogP contribution in [0.5, 0.6) is 0 Å². The lowest BCUT2D eigenvalue weighted by Crippen LogP contribution is -2.47. The summed E-state index contributed by atoms with van der Waals surface area (Å²) in [5.74, 6) is 0.596. The molecule has 134 valence electrons. The molecule has 0 unspecified atom stereocenters. The van der Waals surface area contributed by atoms with Crippen molar-refractivity contribution in [2.45, 2.75) is 44.3 Å². The van der Waals surface area contributed by atoms with Crippen LogP contribution in [-0.4, -0.2) is 56.8 Å². The summed E-state index contributed by atoms with van der Waals surface area (Å²) in [4.78, 5) is 14.4. The summed E-state index contributed by atoms with van der Waals surface area (Å²) in [7, 11) is -3.22. The Hall–Kier alpha value is -1.38. The second-order valence-electron chi connectivity index (χ2n) is 6.80. The molecule has 3 rings (SSSR count). The van der Waals surface area contributed by atoms with E-state index in [0.717, 1.165) is 31.9 Å². The summed E-state index contributed by atoms with van der Waals surface area (Å²) < 4.78 is 36.5. The number of carbonyl (C=O) groups is 1. The molecule has 1 spiro atoms. The van der Waals surface area contributed by atoms with Gasteiger partial charge in [-0.15, -0.1) is 0 Å². The van der Waals surface area contributed by atoms with E-state index in [1.807, 2.05) is 4.90 Å². The number of likely N-dealkylation sites (tertiary alicyclic amines) is 1. The first-order valence-corrected chi connectivity index (χ1v) is 10.1. The molecule has 0 aromatic carbocycles. The lowest BCUT2D eigenvalue weighted by molar-refractivity contribution is -0.116. The summed E-state index contributed by atoms with van der Waals surface area (Å²) in [5, 5.41) is 0. The zero-order chi connectivity index (χ0) is 17.4. The lowest BCUT2D eigenvalue weighted by Gasteiger charge is -2.38. The van der Waals surface area contributed by atoms with Crippen molar-refractivity contribution >= 4 is 15.9 Å². The van der Waals surface area contributed by atoms with Gasteiger partial charge in [0.05, 0.1) is 36.3 Å². The fourth-order valence-electron chi connectivity index (χ4n) is 3.61. The maximum absolute atomic E-state index is 12.6. The highest BCUT2D eigenvalue weighted by atomic mass is 32.2. The quantitative estimate of drug-likeness (QED) is 0.878. The van der Waals surface area contributed by atoms with Gasteiger partial charge in [0.1, 0.15) is 5.76 Å². The third-order valence-corrected chi connectivity index (χ3v) is 5.53. The highest BCUT2D eigenvalue weighted by Crippen LogP contribution is 2.37. The molecule has 1 aromatic rings. The Balaban J connectivity index is 1.63. The maximum atomic E-state index is 12.6. The third-order valence-electron chi connectivity index (χ3n) is 4.84. The molecular weight excluding hydrogens is 332 g/mol. The van der Waals surface area contributed by atoms with E-state index in [4.69, 9.17) is 9.15 Å². The van der Waals surface area contributed by atoms with Crippen LogP contribution in [0.25, 0.3) is 0 Å². The SMILES string of the molecule is Cc1occc1C(=O)N1CC[C@@]2(CCC[C@H](CNS(C)(=O)=O)O2)C1. The molecule has 7 nitrogen and oxygen atoms in total. The van der Waals surface area contributed by atoms with Crippen LogP contribution in [0, 0.1) is 6.92 Å². The molecular formula is C16H24N2O5S. The van der Waals surface area contributed by atoms with E-state index in [1.54, 1.807) is 13.0 Å². The Morgan fingerprint density at radius 2 is 2.25 bits per heavy atom. The van der Waals surface area contributed by atoms with Crippen LogP contribution in [0.1, 0.15) is 41.8 Å². The minimum atomic E-state index is -3.22. The first kappa shape index (κ1) is 17.4. The number of furan rings is 1. The van der Waals surface area contributed by atoms with Crippen LogP contribution in [0.3, 0.4) is 0 Å². The van der Waals surface area contributed by atoms with Gasteiger partial charge in [-0.25, -0.2) is 13.1 Å². The fraction of sp³-hybridized carbons (Fsp3) is 0.688. The Bertz CT molecular complexity index is 714. The van der Waals surface area contributed by atoms with Crippen LogP contribution in [0.15, 0.2) is 16.7 Å². The molecule has 2 fully saturated rings. The van der Waals surface area contributed by atoms with Gasteiger partial charge in [-0.2, -0.15) is 0 Å².